The fourth-order valence-electron chi connectivity index (χ4n) is 4.04. The van der Waals surface area contributed by atoms with E-state index < -0.39 is 11.7 Å². The van der Waals surface area contributed by atoms with Crippen molar-refractivity contribution in [3.05, 3.63) is 29.3 Å². The molecule has 0 radical (unpaired) electrons. The second kappa shape index (κ2) is 6.64. The first kappa shape index (κ1) is 17.1. The Kier molecular flexibility index (Phi) is 4.73. The first-order valence-corrected chi connectivity index (χ1v) is 8.52. The van der Waals surface area contributed by atoms with Crippen molar-refractivity contribution in [1.29, 1.82) is 5.26 Å². The number of piperidine rings is 1. The Morgan fingerprint density at radius 3 is 2.38 bits per heavy atom. The third-order valence-electron chi connectivity index (χ3n) is 5.31. The van der Waals surface area contributed by atoms with E-state index in [1.54, 1.807) is 6.07 Å². The fraction of sp³-hybridized carbons (Fsp3) is 0.611. The van der Waals surface area contributed by atoms with Crippen LogP contribution in [-0.2, 0) is 6.18 Å². The second-order valence-electron chi connectivity index (χ2n) is 6.79. The molecule has 2 saturated heterocycles. The van der Waals surface area contributed by atoms with Crippen molar-refractivity contribution in [2.75, 3.05) is 24.5 Å². The Balaban J connectivity index is 1.76. The quantitative estimate of drug-likeness (QED) is 0.816. The van der Waals surface area contributed by atoms with Crippen molar-refractivity contribution in [3.63, 3.8) is 0 Å². The Bertz CT molecular complexity index is 627. The van der Waals surface area contributed by atoms with Crippen molar-refractivity contribution in [1.82, 2.24) is 4.90 Å². The lowest BCUT2D eigenvalue weighted by Gasteiger charge is -2.40. The summed E-state index contributed by atoms with van der Waals surface area (Å²) in [6.45, 7) is 4.60. The normalized spacial score (nSPS) is 23.5. The van der Waals surface area contributed by atoms with Crippen LogP contribution in [0.2, 0.25) is 0 Å². The van der Waals surface area contributed by atoms with Gasteiger partial charge in [0.2, 0.25) is 0 Å². The lowest BCUT2D eigenvalue weighted by molar-refractivity contribution is -0.137. The summed E-state index contributed by atoms with van der Waals surface area (Å²) in [5.41, 5.74) is -0.448. The molecule has 0 bridgehead atoms. The molecule has 24 heavy (non-hydrogen) atoms. The lowest BCUT2D eigenvalue weighted by atomic mass is 10.00. The van der Waals surface area contributed by atoms with E-state index >= 15 is 0 Å². The maximum Gasteiger partial charge on any atom is 0.418 e. The second-order valence-corrected chi connectivity index (χ2v) is 6.79. The molecule has 0 amide bonds. The number of halogens is 3. The zero-order chi connectivity index (χ0) is 17.3. The summed E-state index contributed by atoms with van der Waals surface area (Å²) in [7, 11) is 0. The molecule has 1 aromatic rings. The Hall–Kier alpha value is -1.74. The molecule has 0 aliphatic carbocycles. The predicted molar refractivity (Wildman–Crippen MR) is 86.8 cm³/mol. The van der Waals surface area contributed by atoms with Crippen LogP contribution in [-0.4, -0.2) is 36.6 Å². The van der Waals surface area contributed by atoms with Crippen LogP contribution in [0.3, 0.4) is 0 Å². The minimum absolute atomic E-state index is 0.0480. The number of anilines is 1. The van der Waals surface area contributed by atoms with Crippen LogP contribution in [0, 0.1) is 11.3 Å². The SMILES string of the molecule is CC1CCCN1C1CCN(c2ccc(C#N)cc2C(F)(F)F)CC1. The number of nitriles is 1. The summed E-state index contributed by atoms with van der Waals surface area (Å²) < 4.78 is 40.0. The van der Waals surface area contributed by atoms with Gasteiger partial charge in [-0.25, -0.2) is 0 Å². The van der Waals surface area contributed by atoms with Crippen LogP contribution in [0.15, 0.2) is 18.2 Å². The number of rotatable bonds is 2. The van der Waals surface area contributed by atoms with Gasteiger partial charge in [0.1, 0.15) is 0 Å². The molecule has 0 N–H and O–H groups in total. The van der Waals surface area contributed by atoms with E-state index in [2.05, 4.69) is 11.8 Å². The topological polar surface area (TPSA) is 30.3 Å². The van der Waals surface area contributed by atoms with Gasteiger partial charge in [0.25, 0.3) is 0 Å². The van der Waals surface area contributed by atoms with Gasteiger partial charge in [-0.05, 0) is 57.4 Å². The molecule has 1 aromatic carbocycles. The van der Waals surface area contributed by atoms with Crippen LogP contribution < -0.4 is 4.90 Å². The number of alkyl halides is 3. The summed E-state index contributed by atoms with van der Waals surface area (Å²) in [6.07, 6.45) is -0.227. The molecule has 1 atom stereocenters. The van der Waals surface area contributed by atoms with Gasteiger partial charge in [0, 0.05) is 30.9 Å². The van der Waals surface area contributed by atoms with E-state index in [0.717, 1.165) is 25.5 Å². The highest BCUT2D eigenvalue weighted by Gasteiger charge is 2.37. The van der Waals surface area contributed by atoms with Crippen LogP contribution in [0.5, 0.6) is 0 Å². The minimum atomic E-state index is -4.44. The number of benzene rings is 1. The Morgan fingerprint density at radius 2 is 1.83 bits per heavy atom. The smallest absolute Gasteiger partial charge is 0.371 e. The molecule has 2 aliphatic rings. The summed E-state index contributed by atoms with van der Waals surface area (Å²) in [5, 5.41) is 8.87. The van der Waals surface area contributed by atoms with E-state index in [-0.39, 0.29) is 11.3 Å². The fourth-order valence-corrected chi connectivity index (χ4v) is 4.04. The highest BCUT2D eigenvalue weighted by molar-refractivity contribution is 5.58. The molecule has 2 fully saturated rings. The number of likely N-dealkylation sites (tertiary alicyclic amines) is 1. The summed E-state index contributed by atoms with van der Waals surface area (Å²) in [5.74, 6) is 0. The van der Waals surface area contributed by atoms with E-state index in [4.69, 9.17) is 5.26 Å². The monoisotopic (exact) mass is 337 g/mol. The third-order valence-corrected chi connectivity index (χ3v) is 5.31. The maximum absolute atomic E-state index is 13.3. The van der Waals surface area contributed by atoms with Crippen LogP contribution in [0.1, 0.15) is 43.7 Å². The molecule has 130 valence electrons. The van der Waals surface area contributed by atoms with E-state index in [9.17, 15) is 13.2 Å². The first-order chi connectivity index (χ1) is 11.4. The van der Waals surface area contributed by atoms with E-state index in [1.165, 1.54) is 25.0 Å². The van der Waals surface area contributed by atoms with Crippen molar-refractivity contribution >= 4 is 5.69 Å². The molecule has 0 aromatic heterocycles. The zero-order valence-corrected chi connectivity index (χ0v) is 13.8. The molecule has 3 nitrogen and oxygen atoms in total. The van der Waals surface area contributed by atoms with Gasteiger partial charge in [-0.3, -0.25) is 4.90 Å². The Morgan fingerprint density at radius 1 is 1.12 bits per heavy atom. The summed E-state index contributed by atoms with van der Waals surface area (Å²) >= 11 is 0. The average Bonchev–Trinajstić information content (AvgIpc) is 3.00. The average molecular weight is 337 g/mol. The van der Waals surface area contributed by atoms with Gasteiger partial charge in [-0.15, -0.1) is 0 Å². The van der Waals surface area contributed by atoms with Gasteiger partial charge in [0.15, 0.2) is 0 Å². The number of nitrogens with zero attached hydrogens (tertiary/aromatic N) is 3. The van der Waals surface area contributed by atoms with Crippen LogP contribution >= 0.6 is 0 Å². The molecule has 1 unspecified atom stereocenters. The zero-order valence-electron chi connectivity index (χ0n) is 13.8. The minimum Gasteiger partial charge on any atom is -0.371 e. The standard InChI is InChI=1S/C18H22F3N3/c1-13-3-2-8-24(13)15-6-9-23(10-7-15)17-5-4-14(12-22)11-16(17)18(19,20)21/h4-5,11,13,15H,2-3,6-10H2,1H3. The van der Waals surface area contributed by atoms with Gasteiger partial charge in [0.05, 0.1) is 17.2 Å². The molecule has 3 rings (SSSR count). The predicted octanol–water partition coefficient (Wildman–Crippen LogP) is 4.03. The van der Waals surface area contributed by atoms with Gasteiger partial charge >= 0.3 is 6.18 Å². The van der Waals surface area contributed by atoms with Crippen molar-refractivity contribution in [2.24, 2.45) is 0 Å². The first-order valence-electron chi connectivity index (χ1n) is 8.52. The maximum atomic E-state index is 13.3. The van der Waals surface area contributed by atoms with Crippen molar-refractivity contribution < 1.29 is 13.2 Å². The van der Waals surface area contributed by atoms with Crippen LogP contribution in [0.25, 0.3) is 0 Å². The highest BCUT2D eigenvalue weighted by Crippen LogP contribution is 2.38. The largest absolute Gasteiger partial charge is 0.418 e. The van der Waals surface area contributed by atoms with Crippen molar-refractivity contribution in [3.8, 4) is 6.07 Å². The van der Waals surface area contributed by atoms with Gasteiger partial charge in [-0.2, -0.15) is 18.4 Å². The lowest BCUT2D eigenvalue weighted by Crippen LogP contribution is -2.46. The molecule has 2 aliphatic heterocycles. The van der Waals surface area contributed by atoms with Crippen LogP contribution in [0.4, 0.5) is 18.9 Å². The van der Waals surface area contributed by atoms with E-state index in [1.807, 2.05) is 4.90 Å². The number of hydrogen-bond donors (Lipinski definition) is 0. The van der Waals surface area contributed by atoms with E-state index in [0.29, 0.717) is 25.2 Å². The van der Waals surface area contributed by atoms with Gasteiger partial charge < -0.3 is 4.90 Å². The molecule has 2 heterocycles. The van der Waals surface area contributed by atoms with Crippen molar-refractivity contribution in [2.45, 2.75) is 50.9 Å². The molecular weight excluding hydrogens is 315 g/mol. The summed E-state index contributed by atoms with van der Waals surface area (Å²) in [6, 6.07) is 6.74. The molecule has 6 heteroatoms. The molecule has 0 saturated carbocycles. The Labute approximate surface area is 140 Å². The number of hydrogen-bond acceptors (Lipinski definition) is 3. The van der Waals surface area contributed by atoms with Gasteiger partial charge in [-0.1, -0.05) is 0 Å². The summed E-state index contributed by atoms with van der Waals surface area (Å²) in [4.78, 5) is 4.34. The third kappa shape index (κ3) is 3.36. The highest BCUT2D eigenvalue weighted by atomic mass is 19.4. The molecular formula is C18H22F3N3. The molecule has 0 spiro atoms.